The van der Waals surface area contributed by atoms with Gasteiger partial charge < -0.3 is 9.42 Å². The normalized spacial score (nSPS) is 16.1. The average Bonchev–Trinajstić information content (AvgIpc) is 3.47. The summed E-state index contributed by atoms with van der Waals surface area (Å²) in [6.07, 6.45) is 4.75. The molecule has 1 fully saturated rings. The molecule has 0 amide bonds. The molecule has 6 heterocycles. The van der Waals surface area contributed by atoms with E-state index in [9.17, 15) is 0 Å². The highest BCUT2D eigenvalue weighted by atomic mass is 32.1. The molecule has 0 radical (unpaired) electrons. The molecular formula is C22H19N7OS. The van der Waals surface area contributed by atoms with Gasteiger partial charge in [-0.2, -0.15) is 10.1 Å². The van der Waals surface area contributed by atoms with Crippen molar-refractivity contribution in [2.24, 2.45) is 0 Å². The molecule has 154 valence electrons. The molecular weight excluding hydrogens is 410 g/mol. The van der Waals surface area contributed by atoms with Gasteiger partial charge in [-0.05, 0) is 55.5 Å². The van der Waals surface area contributed by atoms with Gasteiger partial charge in [0, 0.05) is 12.7 Å². The Morgan fingerprint density at radius 3 is 2.77 bits per heavy atom. The molecule has 0 spiro atoms. The first-order chi connectivity index (χ1) is 15.2. The number of thiophene rings is 1. The van der Waals surface area contributed by atoms with E-state index in [0.29, 0.717) is 11.7 Å². The number of rotatable bonds is 4. The third-order valence-electron chi connectivity index (χ3n) is 5.52. The van der Waals surface area contributed by atoms with Crippen molar-refractivity contribution in [3.8, 4) is 21.8 Å². The second-order valence-corrected chi connectivity index (χ2v) is 8.63. The summed E-state index contributed by atoms with van der Waals surface area (Å²) in [5.74, 6) is 2.20. The lowest BCUT2D eigenvalue weighted by molar-refractivity contribution is 0.307. The molecule has 0 N–H and O–H groups in total. The van der Waals surface area contributed by atoms with Crippen molar-refractivity contribution in [2.75, 3.05) is 11.4 Å². The summed E-state index contributed by atoms with van der Waals surface area (Å²) < 4.78 is 7.20. The zero-order chi connectivity index (χ0) is 20.9. The Labute approximate surface area is 182 Å². The van der Waals surface area contributed by atoms with Gasteiger partial charge >= 0.3 is 0 Å². The van der Waals surface area contributed by atoms with E-state index in [1.165, 1.54) is 0 Å². The smallest absolute Gasteiger partial charge is 0.249 e. The van der Waals surface area contributed by atoms with Crippen molar-refractivity contribution in [2.45, 2.75) is 26.3 Å². The van der Waals surface area contributed by atoms with E-state index in [1.807, 2.05) is 31.5 Å². The van der Waals surface area contributed by atoms with Crippen LogP contribution in [0, 0.1) is 13.8 Å². The highest BCUT2D eigenvalue weighted by Gasteiger charge is 2.35. The van der Waals surface area contributed by atoms with Crippen LogP contribution in [-0.2, 0) is 0 Å². The minimum Gasteiger partial charge on any atom is -0.344 e. The minimum atomic E-state index is 0.0656. The molecule has 1 atom stereocenters. The Bertz CT molecular complexity index is 1390. The quantitative estimate of drug-likeness (QED) is 0.417. The SMILES string of the molecule is Cc1cc(-c2cnn3ccc(-c4cccs4)nc23)nc(N2CC[C@H]2c2nc(C)no2)c1. The molecule has 6 rings (SSSR count). The fraction of sp³-hybridized carbons (Fsp3) is 0.227. The lowest BCUT2D eigenvalue weighted by atomic mass is 10.0. The van der Waals surface area contributed by atoms with Crippen LogP contribution in [0.1, 0.15) is 29.7 Å². The monoisotopic (exact) mass is 429 g/mol. The highest BCUT2D eigenvalue weighted by molar-refractivity contribution is 7.13. The number of anilines is 1. The van der Waals surface area contributed by atoms with Crippen molar-refractivity contribution in [1.82, 2.24) is 29.7 Å². The Balaban J connectivity index is 1.41. The van der Waals surface area contributed by atoms with Gasteiger partial charge in [-0.25, -0.2) is 14.5 Å². The Morgan fingerprint density at radius 1 is 1.10 bits per heavy atom. The number of aromatic nitrogens is 6. The molecule has 5 aromatic heterocycles. The molecule has 0 bridgehead atoms. The molecule has 5 aromatic rings. The van der Waals surface area contributed by atoms with Gasteiger partial charge in [0.05, 0.1) is 28.0 Å². The first-order valence-corrected chi connectivity index (χ1v) is 11.0. The zero-order valence-electron chi connectivity index (χ0n) is 17.1. The maximum absolute atomic E-state index is 5.41. The first kappa shape index (κ1) is 18.2. The molecule has 1 aliphatic rings. The van der Waals surface area contributed by atoms with E-state index in [0.717, 1.165) is 51.8 Å². The van der Waals surface area contributed by atoms with Crippen molar-refractivity contribution in [1.29, 1.82) is 0 Å². The Hall–Kier alpha value is -3.59. The van der Waals surface area contributed by atoms with E-state index < -0.39 is 0 Å². The molecule has 1 aliphatic heterocycles. The number of nitrogens with zero attached hydrogens (tertiary/aromatic N) is 7. The van der Waals surface area contributed by atoms with E-state index in [-0.39, 0.29) is 6.04 Å². The van der Waals surface area contributed by atoms with Crippen LogP contribution >= 0.6 is 11.3 Å². The van der Waals surface area contributed by atoms with Crippen LogP contribution in [0.2, 0.25) is 0 Å². The van der Waals surface area contributed by atoms with Crippen LogP contribution in [0.15, 0.2) is 52.6 Å². The molecule has 0 aliphatic carbocycles. The molecule has 9 heteroatoms. The van der Waals surface area contributed by atoms with Crippen molar-refractivity contribution in [3.05, 3.63) is 65.4 Å². The van der Waals surface area contributed by atoms with E-state index in [1.54, 1.807) is 15.9 Å². The maximum atomic E-state index is 5.41. The van der Waals surface area contributed by atoms with Crippen LogP contribution in [-0.4, -0.2) is 36.3 Å². The van der Waals surface area contributed by atoms with Crippen molar-refractivity contribution >= 4 is 22.8 Å². The van der Waals surface area contributed by atoms with Crippen LogP contribution in [0.5, 0.6) is 0 Å². The number of aryl methyl sites for hydroxylation is 2. The van der Waals surface area contributed by atoms with Gasteiger partial charge in [-0.15, -0.1) is 11.3 Å². The molecule has 31 heavy (non-hydrogen) atoms. The van der Waals surface area contributed by atoms with E-state index in [2.05, 4.69) is 50.6 Å². The summed E-state index contributed by atoms with van der Waals surface area (Å²) in [6.45, 7) is 4.82. The molecule has 0 unspecified atom stereocenters. The van der Waals surface area contributed by atoms with Gasteiger partial charge in [-0.1, -0.05) is 11.2 Å². The predicted octanol–water partition coefficient (Wildman–Crippen LogP) is 4.47. The number of hydrogen-bond donors (Lipinski definition) is 0. The lowest BCUT2D eigenvalue weighted by Gasteiger charge is -2.39. The maximum Gasteiger partial charge on any atom is 0.249 e. The van der Waals surface area contributed by atoms with E-state index in [4.69, 9.17) is 14.5 Å². The molecule has 0 aromatic carbocycles. The zero-order valence-corrected chi connectivity index (χ0v) is 17.9. The second-order valence-electron chi connectivity index (χ2n) is 7.68. The van der Waals surface area contributed by atoms with Gasteiger partial charge in [0.15, 0.2) is 11.5 Å². The van der Waals surface area contributed by atoms with Crippen LogP contribution in [0.4, 0.5) is 5.82 Å². The average molecular weight is 430 g/mol. The molecule has 1 saturated heterocycles. The van der Waals surface area contributed by atoms with Gasteiger partial charge in [0.1, 0.15) is 11.9 Å². The van der Waals surface area contributed by atoms with Crippen molar-refractivity contribution < 1.29 is 4.52 Å². The third kappa shape index (κ3) is 3.09. The van der Waals surface area contributed by atoms with Gasteiger partial charge in [0.2, 0.25) is 5.89 Å². The third-order valence-corrected chi connectivity index (χ3v) is 6.41. The first-order valence-electron chi connectivity index (χ1n) is 10.1. The number of hydrogen-bond acceptors (Lipinski definition) is 8. The Morgan fingerprint density at radius 2 is 2.03 bits per heavy atom. The summed E-state index contributed by atoms with van der Waals surface area (Å²) in [6, 6.07) is 10.3. The standard InChI is InChI=1S/C22H19N7OS/c1-13-10-17(25-20(11-13)28-7-6-18(28)22-24-14(2)27-30-22)15-12-23-29-8-5-16(26-21(15)29)19-4-3-9-31-19/h3-5,8-12,18H,6-7H2,1-2H3/t18-/m0/s1. The second kappa shape index (κ2) is 6.98. The van der Waals surface area contributed by atoms with Crippen LogP contribution in [0.25, 0.3) is 27.5 Å². The predicted molar refractivity (Wildman–Crippen MR) is 118 cm³/mol. The van der Waals surface area contributed by atoms with Crippen LogP contribution in [0.3, 0.4) is 0 Å². The fourth-order valence-corrected chi connectivity index (χ4v) is 4.61. The van der Waals surface area contributed by atoms with Gasteiger partial charge in [-0.3, -0.25) is 0 Å². The number of pyridine rings is 1. The minimum absolute atomic E-state index is 0.0656. The fourth-order valence-electron chi connectivity index (χ4n) is 3.91. The summed E-state index contributed by atoms with van der Waals surface area (Å²) in [4.78, 5) is 17.6. The molecule has 0 saturated carbocycles. The largest absolute Gasteiger partial charge is 0.344 e. The highest BCUT2D eigenvalue weighted by Crippen LogP contribution is 2.37. The number of fused-ring (bicyclic) bond motifs is 1. The lowest BCUT2D eigenvalue weighted by Crippen LogP contribution is -2.41. The molecule has 8 nitrogen and oxygen atoms in total. The topological polar surface area (TPSA) is 85.2 Å². The summed E-state index contributed by atoms with van der Waals surface area (Å²) in [5.41, 5.74) is 4.62. The van der Waals surface area contributed by atoms with Crippen molar-refractivity contribution in [3.63, 3.8) is 0 Å². The van der Waals surface area contributed by atoms with E-state index >= 15 is 0 Å². The summed E-state index contributed by atoms with van der Waals surface area (Å²) in [7, 11) is 0. The summed E-state index contributed by atoms with van der Waals surface area (Å²) >= 11 is 1.67. The van der Waals surface area contributed by atoms with Crippen LogP contribution < -0.4 is 4.90 Å². The van der Waals surface area contributed by atoms with Gasteiger partial charge in [0.25, 0.3) is 0 Å². The Kier molecular flexibility index (Phi) is 4.10. The summed E-state index contributed by atoms with van der Waals surface area (Å²) in [5, 5.41) is 10.5.